The lowest BCUT2D eigenvalue weighted by atomic mass is 10.1. The third-order valence-electron chi connectivity index (χ3n) is 7.03. The third-order valence-corrected chi connectivity index (χ3v) is 7.03. The second-order valence-electron chi connectivity index (χ2n) is 9.45. The summed E-state index contributed by atoms with van der Waals surface area (Å²) in [4.78, 5) is 13.6. The number of aromatic nitrogens is 2. The Hall–Kier alpha value is -3.01. The van der Waals surface area contributed by atoms with Crippen molar-refractivity contribution < 1.29 is 23.3 Å². The van der Waals surface area contributed by atoms with Gasteiger partial charge in [0.15, 0.2) is 11.5 Å². The number of anilines is 2. The predicted octanol–water partition coefficient (Wildman–Crippen LogP) is 5.14. The highest BCUT2D eigenvalue weighted by Gasteiger charge is 2.30. The average molecular weight is 527 g/mol. The molecule has 206 valence electrons. The van der Waals surface area contributed by atoms with Crippen LogP contribution in [0.25, 0.3) is 10.9 Å². The topological polar surface area (TPSA) is 69.2 Å². The van der Waals surface area contributed by atoms with Gasteiger partial charge < -0.3 is 23.8 Å². The molecule has 9 heteroatoms. The Bertz CT molecular complexity index is 1220. The maximum Gasteiger partial charge on any atom is 0.162 e. The van der Waals surface area contributed by atoms with Crippen LogP contribution in [0.3, 0.4) is 0 Å². The lowest BCUT2D eigenvalue weighted by molar-refractivity contribution is -0.0612. The largest absolute Gasteiger partial charge is 0.493 e. The van der Waals surface area contributed by atoms with E-state index in [2.05, 4.69) is 33.6 Å². The highest BCUT2D eigenvalue weighted by Crippen LogP contribution is 2.39. The fourth-order valence-corrected chi connectivity index (χ4v) is 4.86. The van der Waals surface area contributed by atoms with Gasteiger partial charge in [0.25, 0.3) is 0 Å². The Morgan fingerprint density at radius 2 is 1.84 bits per heavy atom. The Labute approximate surface area is 224 Å². The van der Waals surface area contributed by atoms with E-state index >= 15 is 0 Å². The fraction of sp³-hybridized carbons (Fsp3) is 0.517. The molecule has 0 spiro atoms. The maximum atomic E-state index is 14.2. The predicted molar refractivity (Wildman–Crippen MR) is 147 cm³/mol. The summed E-state index contributed by atoms with van der Waals surface area (Å²) in [5.41, 5.74) is 2.13. The first kappa shape index (κ1) is 28.0. The van der Waals surface area contributed by atoms with Crippen molar-refractivity contribution in [2.75, 3.05) is 51.5 Å². The van der Waals surface area contributed by atoms with Gasteiger partial charge in [0.05, 0.1) is 38.0 Å². The molecule has 2 bridgehead atoms. The van der Waals surface area contributed by atoms with E-state index in [0.717, 1.165) is 49.4 Å². The number of methoxy groups -OCH3 is 1. The molecule has 3 aromatic rings. The maximum absolute atomic E-state index is 14.2. The Kier molecular flexibility index (Phi) is 9.35. The monoisotopic (exact) mass is 526 g/mol. The van der Waals surface area contributed by atoms with Crippen LogP contribution in [0.2, 0.25) is 0 Å². The molecule has 1 fully saturated rings. The Balaban J connectivity index is 0.00000164. The second kappa shape index (κ2) is 12.7. The average Bonchev–Trinajstić information content (AvgIpc) is 2.96. The molecule has 3 atom stereocenters. The van der Waals surface area contributed by atoms with Crippen LogP contribution in [0.15, 0.2) is 36.7 Å². The Morgan fingerprint density at radius 1 is 1.08 bits per heavy atom. The minimum absolute atomic E-state index is 0.121. The first-order valence-electron chi connectivity index (χ1n) is 13.4. The molecule has 0 aliphatic carbocycles. The summed E-state index contributed by atoms with van der Waals surface area (Å²) < 4.78 is 38.3. The van der Waals surface area contributed by atoms with E-state index in [1.165, 1.54) is 6.07 Å². The number of benzene rings is 2. The molecular weight excluding hydrogens is 487 g/mol. The molecular formula is C29H39FN4O4. The van der Waals surface area contributed by atoms with Crippen molar-refractivity contribution in [2.45, 2.75) is 52.9 Å². The van der Waals surface area contributed by atoms with E-state index in [9.17, 15) is 4.39 Å². The van der Waals surface area contributed by atoms with Crippen molar-refractivity contribution in [1.29, 1.82) is 0 Å². The van der Waals surface area contributed by atoms with Gasteiger partial charge in [0.2, 0.25) is 0 Å². The van der Waals surface area contributed by atoms with E-state index < -0.39 is 0 Å². The molecule has 1 saturated heterocycles. The molecule has 0 N–H and O–H groups in total. The molecule has 5 rings (SSSR count). The molecule has 2 aliphatic heterocycles. The van der Waals surface area contributed by atoms with Gasteiger partial charge in [-0.1, -0.05) is 13.8 Å². The molecule has 0 saturated carbocycles. The van der Waals surface area contributed by atoms with Crippen LogP contribution in [0.1, 0.15) is 33.3 Å². The van der Waals surface area contributed by atoms with E-state index in [1.807, 2.05) is 32.0 Å². The summed E-state index contributed by atoms with van der Waals surface area (Å²) in [6, 6.07) is 8.80. The van der Waals surface area contributed by atoms with E-state index in [-0.39, 0.29) is 24.1 Å². The van der Waals surface area contributed by atoms with Crippen LogP contribution < -0.4 is 14.4 Å². The van der Waals surface area contributed by atoms with Gasteiger partial charge >= 0.3 is 0 Å². The number of rotatable bonds is 4. The molecule has 8 nitrogen and oxygen atoms in total. The van der Waals surface area contributed by atoms with Crippen LogP contribution in [0, 0.1) is 12.7 Å². The highest BCUT2D eigenvalue weighted by atomic mass is 19.1. The minimum Gasteiger partial charge on any atom is -0.493 e. The van der Waals surface area contributed by atoms with Crippen LogP contribution in [-0.2, 0) is 9.47 Å². The van der Waals surface area contributed by atoms with Gasteiger partial charge in [-0.3, -0.25) is 4.90 Å². The van der Waals surface area contributed by atoms with E-state index in [1.54, 1.807) is 26.4 Å². The molecule has 0 radical (unpaired) electrons. The van der Waals surface area contributed by atoms with Crippen molar-refractivity contribution in [2.24, 2.45) is 0 Å². The summed E-state index contributed by atoms with van der Waals surface area (Å²) in [6.45, 7) is 14.2. The smallest absolute Gasteiger partial charge is 0.162 e. The third kappa shape index (κ3) is 6.00. The number of morpholine rings is 1. The molecule has 3 unspecified atom stereocenters. The molecule has 2 aliphatic rings. The van der Waals surface area contributed by atoms with Crippen molar-refractivity contribution >= 4 is 22.4 Å². The molecule has 2 aromatic carbocycles. The van der Waals surface area contributed by atoms with E-state index in [4.69, 9.17) is 18.9 Å². The minimum atomic E-state index is -0.243. The number of fused-ring (bicyclic) bond motifs is 1. The van der Waals surface area contributed by atoms with Crippen LogP contribution >= 0.6 is 0 Å². The summed E-state index contributed by atoms with van der Waals surface area (Å²) in [5.74, 6) is 1.66. The summed E-state index contributed by atoms with van der Waals surface area (Å²) in [7, 11) is 1.62. The number of hydrogen-bond acceptors (Lipinski definition) is 8. The van der Waals surface area contributed by atoms with Crippen molar-refractivity contribution in [3.63, 3.8) is 0 Å². The first-order chi connectivity index (χ1) is 18.4. The van der Waals surface area contributed by atoms with Gasteiger partial charge in [0, 0.05) is 36.8 Å². The van der Waals surface area contributed by atoms with Crippen molar-refractivity contribution in [3.05, 3.63) is 48.0 Å². The van der Waals surface area contributed by atoms with Crippen LogP contribution in [0.5, 0.6) is 11.5 Å². The SMILES string of the molecule is CC.COc1cc2ncnc3c2cc1OCC(CN1CCOCC1)OC(C)C(C)N3c1ccc(F)c(C)c1. The van der Waals surface area contributed by atoms with Gasteiger partial charge in [0.1, 0.15) is 30.7 Å². The standard InChI is InChI=1S/C27H33FN4O4.C2H6/c1-17-11-20(5-6-23(17)28)32-18(2)19(3)36-21(14-31-7-9-34-10-8-31)15-35-26-12-22-24(13-25(26)33-4)29-16-30-27(22)32;1-2/h5-6,11-13,16,18-19,21H,7-10,14-15H2,1-4H3;1-2H3. The number of hydrogen-bond donors (Lipinski definition) is 0. The number of nitrogens with zero attached hydrogens (tertiary/aromatic N) is 4. The molecule has 0 amide bonds. The van der Waals surface area contributed by atoms with E-state index in [0.29, 0.717) is 29.5 Å². The van der Waals surface area contributed by atoms with Crippen LogP contribution in [0.4, 0.5) is 15.9 Å². The summed E-state index contributed by atoms with van der Waals surface area (Å²) in [6.07, 6.45) is 1.18. The normalized spacial score (nSPS) is 22.3. The summed E-state index contributed by atoms with van der Waals surface area (Å²) >= 11 is 0. The second-order valence-corrected chi connectivity index (χ2v) is 9.45. The van der Waals surface area contributed by atoms with Gasteiger partial charge in [-0.25, -0.2) is 14.4 Å². The Morgan fingerprint density at radius 3 is 2.55 bits per heavy atom. The quantitative estimate of drug-likeness (QED) is 0.463. The first-order valence-corrected chi connectivity index (χ1v) is 13.4. The van der Waals surface area contributed by atoms with Crippen molar-refractivity contribution in [3.8, 4) is 11.5 Å². The number of halogens is 1. The number of ether oxygens (including phenoxy) is 4. The molecule has 1 aromatic heterocycles. The number of aryl methyl sites for hydroxylation is 1. The lowest BCUT2D eigenvalue weighted by Crippen LogP contribution is -2.47. The zero-order valence-corrected chi connectivity index (χ0v) is 23.2. The fourth-order valence-electron chi connectivity index (χ4n) is 4.86. The molecule has 38 heavy (non-hydrogen) atoms. The molecule has 3 heterocycles. The van der Waals surface area contributed by atoms with Crippen LogP contribution in [-0.4, -0.2) is 79.7 Å². The van der Waals surface area contributed by atoms with Gasteiger partial charge in [-0.05, 0) is 50.6 Å². The lowest BCUT2D eigenvalue weighted by Gasteiger charge is -2.37. The zero-order chi connectivity index (χ0) is 27.2. The van der Waals surface area contributed by atoms with Gasteiger partial charge in [-0.2, -0.15) is 0 Å². The summed E-state index contributed by atoms with van der Waals surface area (Å²) in [5, 5.41) is 0.820. The van der Waals surface area contributed by atoms with Crippen molar-refractivity contribution in [1.82, 2.24) is 14.9 Å². The zero-order valence-electron chi connectivity index (χ0n) is 23.2. The highest BCUT2D eigenvalue weighted by molar-refractivity contribution is 5.94. The van der Waals surface area contributed by atoms with Gasteiger partial charge in [-0.15, -0.1) is 0 Å².